The Kier molecular flexibility index (Phi) is 10.3. The van der Waals surface area contributed by atoms with Crippen molar-refractivity contribution >= 4 is 11.7 Å². The maximum absolute atomic E-state index is 11.6. The molecule has 0 rings (SSSR count). The van der Waals surface area contributed by atoms with E-state index in [4.69, 9.17) is 0 Å². The van der Waals surface area contributed by atoms with E-state index in [2.05, 4.69) is 31.4 Å². The van der Waals surface area contributed by atoms with Gasteiger partial charge in [-0.2, -0.15) is 0 Å². The lowest BCUT2D eigenvalue weighted by atomic mass is 9.84. The van der Waals surface area contributed by atoms with E-state index in [0.29, 0.717) is 6.42 Å². The molecule has 0 saturated heterocycles. The van der Waals surface area contributed by atoms with Gasteiger partial charge in [-0.05, 0) is 31.7 Å². The van der Waals surface area contributed by atoms with Crippen LogP contribution < -0.4 is 10.6 Å². The van der Waals surface area contributed by atoms with Gasteiger partial charge in [0.2, 0.25) is 5.91 Å². The van der Waals surface area contributed by atoms with Crippen LogP contribution >= 0.6 is 0 Å². The Balaban J connectivity index is 3.55. The highest BCUT2D eigenvalue weighted by Gasteiger charge is 2.27. The molecule has 0 spiro atoms. The van der Waals surface area contributed by atoms with Gasteiger partial charge < -0.3 is 10.6 Å². The standard InChI is InChI=1S/C17H34N2O2/c1-6-15(21)18-12-10-8-7-9-11-13-19-16(14(2)20)17(3,4)5/h16,19H,6-13H2,1-5H3,(H,18,21). The van der Waals surface area contributed by atoms with Gasteiger partial charge in [0.25, 0.3) is 0 Å². The molecule has 0 aliphatic carbocycles. The van der Waals surface area contributed by atoms with Crippen LogP contribution in [0.3, 0.4) is 0 Å². The molecule has 1 amide bonds. The molecule has 0 aromatic rings. The summed E-state index contributed by atoms with van der Waals surface area (Å²) in [5, 5.41) is 6.27. The SMILES string of the molecule is CCC(=O)NCCCCCCCNC(C(C)=O)C(C)(C)C. The molecule has 0 aromatic heterocycles. The van der Waals surface area contributed by atoms with E-state index in [-0.39, 0.29) is 23.1 Å². The van der Waals surface area contributed by atoms with Crippen molar-refractivity contribution in [3.8, 4) is 0 Å². The Morgan fingerprint density at radius 1 is 0.952 bits per heavy atom. The van der Waals surface area contributed by atoms with Crippen molar-refractivity contribution in [2.75, 3.05) is 13.1 Å². The van der Waals surface area contributed by atoms with Crippen molar-refractivity contribution in [1.29, 1.82) is 0 Å². The second-order valence-electron chi connectivity index (χ2n) is 6.84. The van der Waals surface area contributed by atoms with Crippen molar-refractivity contribution in [3.05, 3.63) is 0 Å². The van der Waals surface area contributed by atoms with Gasteiger partial charge >= 0.3 is 0 Å². The number of nitrogens with one attached hydrogen (secondary N) is 2. The zero-order valence-corrected chi connectivity index (χ0v) is 14.6. The molecule has 0 aliphatic heterocycles. The molecule has 0 aliphatic rings. The minimum absolute atomic E-state index is 0.0245. The van der Waals surface area contributed by atoms with Crippen LogP contribution in [-0.2, 0) is 9.59 Å². The summed E-state index contributed by atoms with van der Waals surface area (Å²) < 4.78 is 0. The monoisotopic (exact) mass is 298 g/mol. The first-order chi connectivity index (χ1) is 9.79. The quantitative estimate of drug-likeness (QED) is 0.576. The van der Waals surface area contributed by atoms with Gasteiger partial charge in [-0.1, -0.05) is 47.0 Å². The van der Waals surface area contributed by atoms with Crippen LogP contribution in [0.15, 0.2) is 0 Å². The minimum Gasteiger partial charge on any atom is -0.356 e. The predicted molar refractivity (Wildman–Crippen MR) is 88.3 cm³/mol. The molecule has 0 heterocycles. The highest BCUT2D eigenvalue weighted by Crippen LogP contribution is 2.19. The number of amides is 1. The summed E-state index contributed by atoms with van der Waals surface area (Å²) >= 11 is 0. The van der Waals surface area contributed by atoms with E-state index in [1.165, 1.54) is 12.8 Å². The van der Waals surface area contributed by atoms with Crippen LogP contribution in [0.1, 0.15) is 73.1 Å². The van der Waals surface area contributed by atoms with Gasteiger partial charge in [0, 0.05) is 13.0 Å². The number of unbranched alkanes of at least 4 members (excludes halogenated alkanes) is 4. The molecular formula is C17H34N2O2. The molecule has 1 unspecified atom stereocenters. The lowest BCUT2D eigenvalue weighted by Gasteiger charge is -2.29. The first-order valence-corrected chi connectivity index (χ1v) is 8.29. The maximum Gasteiger partial charge on any atom is 0.219 e. The van der Waals surface area contributed by atoms with E-state index in [1.54, 1.807) is 6.92 Å². The molecule has 124 valence electrons. The summed E-state index contributed by atoms with van der Waals surface area (Å²) in [6.07, 6.45) is 6.22. The number of ketones is 1. The van der Waals surface area contributed by atoms with E-state index >= 15 is 0 Å². The van der Waals surface area contributed by atoms with Crippen LogP contribution in [-0.4, -0.2) is 30.8 Å². The molecular weight excluding hydrogens is 264 g/mol. The van der Waals surface area contributed by atoms with E-state index in [1.807, 2.05) is 6.92 Å². The van der Waals surface area contributed by atoms with Gasteiger partial charge in [0.15, 0.2) is 0 Å². The fraction of sp³-hybridized carbons (Fsp3) is 0.882. The fourth-order valence-electron chi connectivity index (χ4n) is 2.44. The average Bonchev–Trinajstić information content (AvgIpc) is 2.38. The molecule has 0 bridgehead atoms. The first kappa shape index (κ1) is 20.1. The third kappa shape index (κ3) is 10.5. The van der Waals surface area contributed by atoms with Crippen molar-refractivity contribution in [2.45, 2.75) is 79.2 Å². The van der Waals surface area contributed by atoms with E-state index in [9.17, 15) is 9.59 Å². The third-order valence-corrected chi connectivity index (χ3v) is 3.62. The average molecular weight is 298 g/mol. The zero-order valence-electron chi connectivity index (χ0n) is 14.6. The van der Waals surface area contributed by atoms with Gasteiger partial charge in [-0.15, -0.1) is 0 Å². The number of carbonyl (C=O) groups excluding carboxylic acids is 2. The second-order valence-corrected chi connectivity index (χ2v) is 6.84. The topological polar surface area (TPSA) is 58.2 Å². The summed E-state index contributed by atoms with van der Waals surface area (Å²) in [6.45, 7) is 11.5. The molecule has 0 aromatic carbocycles. The molecule has 2 N–H and O–H groups in total. The Morgan fingerprint density at radius 3 is 1.95 bits per heavy atom. The van der Waals surface area contributed by atoms with Gasteiger partial charge in [0.1, 0.15) is 5.78 Å². The van der Waals surface area contributed by atoms with Crippen LogP contribution in [0.4, 0.5) is 0 Å². The summed E-state index contributed by atoms with van der Waals surface area (Å²) in [5.74, 6) is 0.353. The molecule has 4 heteroatoms. The van der Waals surface area contributed by atoms with Crippen LogP contribution in [0, 0.1) is 5.41 Å². The van der Waals surface area contributed by atoms with Crippen molar-refractivity contribution < 1.29 is 9.59 Å². The molecule has 0 saturated carbocycles. The van der Waals surface area contributed by atoms with E-state index in [0.717, 1.165) is 32.4 Å². The summed E-state index contributed by atoms with van der Waals surface area (Å²) in [5.41, 5.74) is -0.0245. The Labute approximate surface area is 130 Å². The van der Waals surface area contributed by atoms with Gasteiger partial charge in [-0.3, -0.25) is 9.59 Å². The Bertz CT molecular complexity index is 308. The molecule has 0 radical (unpaired) electrons. The first-order valence-electron chi connectivity index (χ1n) is 8.29. The maximum atomic E-state index is 11.6. The Hall–Kier alpha value is -0.900. The number of hydrogen-bond acceptors (Lipinski definition) is 3. The fourth-order valence-corrected chi connectivity index (χ4v) is 2.44. The molecule has 1 atom stereocenters. The number of hydrogen-bond donors (Lipinski definition) is 2. The zero-order chi connectivity index (χ0) is 16.3. The number of rotatable bonds is 11. The van der Waals surface area contributed by atoms with Crippen LogP contribution in [0.25, 0.3) is 0 Å². The smallest absolute Gasteiger partial charge is 0.219 e. The second kappa shape index (κ2) is 10.8. The van der Waals surface area contributed by atoms with Gasteiger partial charge in [-0.25, -0.2) is 0 Å². The highest BCUT2D eigenvalue weighted by atomic mass is 16.1. The third-order valence-electron chi connectivity index (χ3n) is 3.62. The summed E-state index contributed by atoms with van der Waals surface area (Å²) in [6, 6.07) is -0.0539. The number of carbonyl (C=O) groups is 2. The minimum atomic E-state index is -0.0539. The summed E-state index contributed by atoms with van der Waals surface area (Å²) in [7, 11) is 0. The molecule has 4 nitrogen and oxygen atoms in total. The highest BCUT2D eigenvalue weighted by molar-refractivity contribution is 5.82. The van der Waals surface area contributed by atoms with Crippen molar-refractivity contribution in [2.24, 2.45) is 5.41 Å². The van der Waals surface area contributed by atoms with E-state index < -0.39 is 0 Å². The lowest BCUT2D eigenvalue weighted by Crippen LogP contribution is -2.45. The number of Topliss-reactive ketones (excluding diaryl/α,β-unsaturated/α-hetero) is 1. The van der Waals surface area contributed by atoms with Crippen molar-refractivity contribution in [3.63, 3.8) is 0 Å². The Morgan fingerprint density at radius 2 is 1.48 bits per heavy atom. The molecule has 21 heavy (non-hydrogen) atoms. The summed E-state index contributed by atoms with van der Waals surface area (Å²) in [4.78, 5) is 22.7. The van der Waals surface area contributed by atoms with Crippen LogP contribution in [0.5, 0.6) is 0 Å². The molecule has 0 fully saturated rings. The predicted octanol–water partition coefficient (Wildman–Crippen LogP) is 3.06. The van der Waals surface area contributed by atoms with Crippen molar-refractivity contribution in [1.82, 2.24) is 10.6 Å². The van der Waals surface area contributed by atoms with Gasteiger partial charge in [0.05, 0.1) is 6.04 Å². The lowest BCUT2D eigenvalue weighted by molar-refractivity contribution is -0.121. The largest absolute Gasteiger partial charge is 0.356 e. The normalized spacial score (nSPS) is 13.0. The van der Waals surface area contributed by atoms with Crippen LogP contribution in [0.2, 0.25) is 0 Å².